The normalized spacial score (nSPS) is 10.5. The summed E-state index contributed by atoms with van der Waals surface area (Å²) in [5, 5.41) is 10.8. The number of carbonyl (C=O) groups is 1. The summed E-state index contributed by atoms with van der Waals surface area (Å²) in [5.41, 5.74) is 0.787. The van der Waals surface area contributed by atoms with Gasteiger partial charge in [0.1, 0.15) is 0 Å². The van der Waals surface area contributed by atoms with E-state index in [1.54, 1.807) is 37.1 Å². The number of ether oxygens (including phenoxy) is 1. The molecule has 0 saturated carbocycles. The van der Waals surface area contributed by atoms with E-state index in [1.807, 2.05) is 0 Å². The van der Waals surface area contributed by atoms with Crippen molar-refractivity contribution in [2.24, 2.45) is 0 Å². The summed E-state index contributed by atoms with van der Waals surface area (Å²) in [6.07, 6.45) is 0.521. The fourth-order valence-corrected chi connectivity index (χ4v) is 1.72. The van der Waals surface area contributed by atoms with Crippen LogP contribution in [0.15, 0.2) is 24.3 Å². The number of hydrogen-bond acceptors (Lipinski definition) is 5. The summed E-state index contributed by atoms with van der Waals surface area (Å²) in [5.74, 6) is -0.285. The van der Waals surface area contributed by atoms with Crippen molar-refractivity contribution in [1.29, 1.82) is 0 Å². The molecule has 0 atom stereocenters. The predicted octanol–water partition coefficient (Wildman–Crippen LogP) is 1.63. The Balaban J connectivity index is 2.52. The van der Waals surface area contributed by atoms with Crippen molar-refractivity contribution in [3.05, 3.63) is 39.9 Å². The minimum absolute atomic E-state index is 0.118. The van der Waals surface area contributed by atoms with Crippen LogP contribution in [0.2, 0.25) is 0 Å². The Morgan fingerprint density at radius 3 is 2.74 bits per heavy atom. The molecule has 6 nitrogen and oxygen atoms in total. The molecule has 1 rings (SSSR count). The monoisotopic (exact) mass is 266 g/mol. The molecule has 0 saturated heterocycles. The fraction of sp³-hybridized carbons (Fsp3) is 0.462. The van der Waals surface area contributed by atoms with Gasteiger partial charge in [-0.3, -0.25) is 19.8 Å². The maximum absolute atomic E-state index is 11.3. The molecule has 0 fully saturated rings. The van der Waals surface area contributed by atoms with E-state index in [1.165, 1.54) is 6.07 Å². The van der Waals surface area contributed by atoms with Gasteiger partial charge in [-0.2, -0.15) is 0 Å². The van der Waals surface area contributed by atoms with Gasteiger partial charge in [-0.05, 0) is 20.4 Å². The molecule has 0 aliphatic heterocycles. The lowest BCUT2D eigenvalue weighted by molar-refractivity contribution is -0.385. The van der Waals surface area contributed by atoms with Crippen LogP contribution in [0, 0.1) is 10.1 Å². The van der Waals surface area contributed by atoms with Gasteiger partial charge in [0, 0.05) is 18.2 Å². The molecule has 0 N–H and O–H groups in total. The van der Waals surface area contributed by atoms with E-state index in [-0.39, 0.29) is 23.1 Å². The second kappa shape index (κ2) is 7.48. The Bertz CT molecular complexity index is 448. The standard InChI is InChI=1S/C13H18N2O4/c1-3-19-13(16)10-14(2)9-8-11-6-4-5-7-12(11)15(17)18/h4-7H,3,8-10H2,1-2H3. The number of nitro groups is 1. The first-order valence-corrected chi connectivity index (χ1v) is 6.11. The third kappa shape index (κ3) is 5.05. The number of rotatable bonds is 7. The smallest absolute Gasteiger partial charge is 0.320 e. The van der Waals surface area contributed by atoms with Crippen molar-refractivity contribution >= 4 is 11.7 Å². The van der Waals surface area contributed by atoms with Gasteiger partial charge in [-0.25, -0.2) is 0 Å². The summed E-state index contributed by atoms with van der Waals surface area (Å²) in [7, 11) is 1.78. The van der Waals surface area contributed by atoms with E-state index < -0.39 is 0 Å². The number of nitro benzene ring substituents is 1. The van der Waals surface area contributed by atoms with E-state index in [0.29, 0.717) is 25.1 Å². The van der Waals surface area contributed by atoms with Crippen molar-refractivity contribution in [2.45, 2.75) is 13.3 Å². The lowest BCUT2D eigenvalue weighted by Gasteiger charge is -2.15. The number of nitrogens with zero attached hydrogens (tertiary/aromatic N) is 2. The molecule has 104 valence electrons. The van der Waals surface area contributed by atoms with Crippen LogP contribution in [0.3, 0.4) is 0 Å². The zero-order valence-corrected chi connectivity index (χ0v) is 11.2. The van der Waals surface area contributed by atoms with Crippen molar-refractivity contribution in [2.75, 3.05) is 26.7 Å². The SMILES string of the molecule is CCOC(=O)CN(C)CCc1ccccc1[N+](=O)[O-]. The second-order valence-electron chi connectivity index (χ2n) is 4.18. The van der Waals surface area contributed by atoms with Gasteiger partial charge in [0.2, 0.25) is 0 Å². The fourth-order valence-electron chi connectivity index (χ4n) is 1.72. The lowest BCUT2D eigenvalue weighted by atomic mass is 10.1. The second-order valence-corrected chi connectivity index (χ2v) is 4.18. The maximum atomic E-state index is 11.3. The summed E-state index contributed by atoms with van der Waals surface area (Å²) >= 11 is 0. The Morgan fingerprint density at radius 1 is 1.42 bits per heavy atom. The third-order valence-electron chi connectivity index (χ3n) is 2.66. The van der Waals surface area contributed by atoms with Gasteiger partial charge in [-0.15, -0.1) is 0 Å². The molecule has 19 heavy (non-hydrogen) atoms. The molecule has 0 bridgehead atoms. The van der Waals surface area contributed by atoms with E-state index >= 15 is 0 Å². The first-order valence-electron chi connectivity index (χ1n) is 6.11. The molecule has 0 aliphatic carbocycles. The van der Waals surface area contributed by atoms with E-state index in [0.717, 1.165) is 0 Å². The van der Waals surface area contributed by atoms with E-state index in [2.05, 4.69) is 0 Å². The number of carbonyl (C=O) groups excluding carboxylic acids is 1. The summed E-state index contributed by atoms with van der Waals surface area (Å²) in [6, 6.07) is 6.63. The third-order valence-corrected chi connectivity index (χ3v) is 2.66. The Labute approximate surface area is 112 Å². The van der Waals surface area contributed by atoms with Crippen LogP contribution in [-0.2, 0) is 16.0 Å². The summed E-state index contributed by atoms with van der Waals surface area (Å²) in [4.78, 5) is 23.5. The van der Waals surface area contributed by atoms with E-state index in [4.69, 9.17) is 4.74 Å². The van der Waals surface area contributed by atoms with Crippen molar-refractivity contribution in [3.63, 3.8) is 0 Å². The number of hydrogen-bond donors (Lipinski definition) is 0. The molecule has 0 unspecified atom stereocenters. The van der Waals surface area contributed by atoms with Gasteiger partial charge < -0.3 is 4.74 Å². The molecule has 0 heterocycles. The van der Waals surface area contributed by atoms with Gasteiger partial charge in [0.25, 0.3) is 5.69 Å². The van der Waals surface area contributed by atoms with Crippen LogP contribution >= 0.6 is 0 Å². The van der Waals surface area contributed by atoms with Crippen LogP contribution in [-0.4, -0.2) is 42.5 Å². The Hall–Kier alpha value is -1.95. The summed E-state index contributed by atoms with van der Waals surface area (Å²) in [6.45, 7) is 2.86. The highest BCUT2D eigenvalue weighted by molar-refractivity contribution is 5.71. The zero-order valence-electron chi connectivity index (χ0n) is 11.2. The van der Waals surface area contributed by atoms with Crippen molar-refractivity contribution in [1.82, 2.24) is 4.90 Å². The largest absolute Gasteiger partial charge is 0.465 e. The Kier molecular flexibility index (Phi) is 5.95. The molecular formula is C13H18N2O4. The number of benzene rings is 1. The molecule has 1 aromatic carbocycles. The molecule has 0 aliphatic rings. The van der Waals surface area contributed by atoms with Gasteiger partial charge in [-0.1, -0.05) is 18.2 Å². The van der Waals surface area contributed by atoms with Crippen LogP contribution in [0.25, 0.3) is 0 Å². The number of para-hydroxylation sites is 1. The van der Waals surface area contributed by atoms with Crippen LogP contribution in [0.4, 0.5) is 5.69 Å². The molecule has 0 spiro atoms. The molecule has 6 heteroatoms. The topological polar surface area (TPSA) is 72.7 Å². The van der Waals surface area contributed by atoms with Gasteiger partial charge in [0.15, 0.2) is 0 Å². The minimum Gasteiger partial charge on any atom is -0.465 e. The van der Waals surface area contributed by atoms with E-state index in [9.17, 15) is 14.9 Å². The quantitative estimate of drug-likeness (QED) is 0.426. The molecule has 0 aromatic heterocycles. The number of esters is 1. The van der Waals surface area contributed by atoms with Gasteiger partial charge in [0.05, 0.1) is 18.1 Å². The molecule has 0 amide bonds. The van der Waals surface area contributed by atoms with Crippen molar-refractivity contribution < 1.29 is 14.5 Å². The average Bonchev–Trinajstić information content (AvgIpc) is 2.36. The maximum Gasteiger partial charge on any atom is 0.320 e. The number of likely N-dealkylation sites (N-methyl/N-ethyl adjacent to an activating group) is 1. The van der Waals surface area contributed by atoms with Gasteiger partial charge >= 0.3 is 5.97 Å². The molecule has 1 aromatic rings. The predicted molar refractivity (Wildman–Crippen MR) is 70.9 cm³/mol. The molecule has 0 radical (unpaired) electrons. The first-order chi connectivity index (χ1) is 9.04. The lowest BCUT2D eigenvalue weighted by Crippen LogP contribution is -2.29. The van der Waals surface area contributed by atoms with Crippen LogP contribution < -0.4 is 0 Å². The highest BCUT2D eigenvalue weighted by atomic mass is 16.6. The Morgan fingerprint density at radius 2 is 2.11 bits per heavy atom. The molecular weight excluding hydrogens is 248 g/mol. The highest BCUT2D eigenvalue weighted by Gasteiger charge is 2.13. The zero-order chi connectivity index (χ0) is 14.3. The summed E-state index contributed by atoms with van der Waals surface area (Å²) < 4.78 is 4.84. The first kappa shape index (κ1) is 15.1. The van der Waals surface area contributed by atoms with Crippen LogP contribution in [0.5, 0.6) is 0 Å². The highest BCUT2D eigenvalue weighted by Crippen LogP contribution is 2.18. The average molecular weight is 266 g/mol. The van der Waals surface area contributed by atoms with Crippen LogP contribution in [0.1, 0.15) is 12.5 Å². The van der Waals surface area contributed by atoms with Crippen molar-refractivity contribution in [3.8, 4) is 0 Å². The minimum atomic E-state index is -0.388.